The van der Waals surface area contributed by atoms with Gasteiger partial charge in [0, 0.05) is 12.6 Å². The van der Waals surface area contributed by atoms with Gasteiger partial charge in [0.2, 0.25) is 0 Å². The third-order valence-corrected chi connectivity index (χ3v) is 3.31. The van der Waals surface area contributed by atoms with Crippen LogP contribution in [0.15, 0.2) is 24.3 Å². The molecule has 0 fully saturated rings. The van der Waals surface area contributed by atoms with Gasteiger partial charge in [0.15, 0.2) is 17.7 Å². The summed E-state index contributed by atoms with van der Waals surface area (Å²) in [4.78, 5) is 12.2. The predicted octanol–water partition coefficient (Wildman–Crippen LogP) is 3.04. The quantitative estimate of drug-likeness (QED) is 0.730. The molecule has 1 amide bonds. The second kappa shape index (κ2) is 11.3. The summed E-state index contributed by atoms with van der Waals surface area (Å²) in [6, 6.07) is 6.02. The molecule has 0 aliphatic carbocycles. The molecule has 1 aromatic carbocycles. The molecule has 22 heavy (non-hydrogen) atoms. The van der Waals surface area contributed by atoms with Crippen LogP contribution in [-0.4, -0.2) is 24.6 Å². The third-order valence-electron chi connectivity index (χ3n) is 3.31. The van der Waals surface area contributed by atoms with Crippen molar-refractivity contribution in [1.82, 2.24) is 5.32 Å². The average Bonchev–Trinajstić information content (AvgIpc) is 2.50. The number of hydrogen-bond acceptors (Lipinski definition) is 3. The van der Waals surface area contributed by atoms with Gasteiger partial charge in [-0.05, 0) is 25.0 Å². The zero-order valence-corrected chi connectivity index (χ0v) is 14.0. The molecule has 3 N–H and O–H groups in total. The number of halogens is 2. The summed E-state index contributed by atoms with van der Waals surface area (Å²) in [7, 11) is 0. The molecule has 0 aromatic heterocycles. The summed E-state index contributed by atoms with van der Waals surface area (Å²) >= 11 is 0. The Morgan fingerprint density at radius 1 is 1.36 bits per heavy atom. The SMILES string of the molecule is CCCCC(CN)NC(=O)C(CC)Oc1ccccc1F.Cl. The van der Waals surface area contributed by atoms with Crippen molar-refractivity contribution in [2.75, 3.05) is 6.54 Å². The highest BCUT2D eigenvalue weighted by Gasteiger charge is 2.22. The van der Waals surface area contributed by atoms with Crippen molar-refractivity contribution in [3.63, 3.8) is 0 Å². The van der Waals surface area contributed by atoms with Gasteiger partial charge in [-0.2, -0.15) is 0 Å². The van der Waals surface area contributed by atoms with Gasteiger partial charge in [0.05, 0.1) is 0 Å². The number of nitrogens with one attached hydrogen (secondary N) is 1. The predicted molar refractivity (Wildman–Crippen MR) is 88.9 cm³/mol. The number of nitrogens with two attached hydrogens (primary N) is 1. The lowest BCUT2D eigenvalue weighted by Gasteiger charge is -2.22. The highest BCUT2D eigenvalue weighted by atomic mass is 35.5. The molecule has 2 unspecified atom stereocenters. The van der Waals surface area contributed by atoms with Gasteiger partial charge in [0.25, 0.3) is 5.91 Å². The van der Waals surface area contributed by atoms with E-state index in [-0.39, 0.29) is 30.1 Å². The molecule has 0 aliphatic heterocycles. The van der Waals surface area contributed by atoms with E-state index in [2.05, 4.69) is 12.2 Å². The maximum Gasteiger partial charge on any atom is 0.261 e. The van der Waals surface area contributed by atoms with E-state index < -0.39 is 11.9 Å². The molecule has 2 atom stereocenters. The lowest BCUT2D eigenvalue weighted by atomic mass is 10.1. The number of carbonyl (C=O) groups is 1. The standard InChI is InChI=1S/C16H25FN2O2.ClH/c1-3-5-8-12(11-18)19-16(20)14(4-2)21-15-10-7-6-9-13(15)17;/h6-7,9-10,12,14H,3-5,8,11,18H2,1-2H3,(H,19,20);1H. The first-order chi connectivity index (χ1) is 10.1. The minimum Gasteiger partial charge on any atom is -0.478 e. The van der Waals surface area contributed by atoms with Crippen LogP contribution in [0.25, 0.3) is 0 Å². The number of unbranched alkanes of at least 4 members (excludes halogenated alkanes) is 1. The Morgan fingerprint density at radius 2 is 2.05 bits per heavy atom. The summed E-state index contributed by atoms with van der Waals surface area (Å²) in [5.74, 6) is -0.616. The molecule has 0 saturated carbocycles. The van der Waals surface area contributed by atoms with Crippen LogP contribution in [0, 0.1) is 5.82 Å². The monoisotopic (exact) mass is 332 g/mol. The second-order valence-corrected chi connectivity index (χ2v) is 5.03. The van der Waals surface area contributed by atoms with E-state index in [0.717, 1.165) is 19.3 Å². The molecular weight excluding hydrogens is 307 g/mol. The molecule has 1 aromatic rings. The number of benzene rings is 1. The van der Waals surface area contributed by atoms with Crippen LogP contribution in [0.1, 0.15) is 39.5 Å². The first-order valence-electron chi connectivity index (χ1n) is 7.53. The molecular formula is C16H26ClFN2O2. The minimum atomic E-state index is -0.711. The van der Waals surface area contributed by atoms with Crippen molar-refractivity contribution < 1.29 is 13.9 Å². The fraction of sp³-hybridized carbons (Fsp3) is 0.562. The molecule has 0 aliphatic rings. The minimum absolute atomic E-state index is 0. The zero-order chi connectivity index (χ0) is 15.7. The normalized spacial score (nSPS) is 12.9. The van der Waals surface area contributed by atoms with Crippen LogP contribution in [-0.2, 0) is 4.79 Å². The second-order valence-electron chi connectivity index (χ2n) is 5.03. The Kier molecular flexibility index (Phi) is 10.6. The topological polar surface area (TPSA) is 64.3 Å². The van der Waals surface area contributed by atoms with Crippen LogP contribution in [0.4, 0.5) is 4.39 Å². The van der Waals surface area contributed by atoms with Crippen LogP contribution in [0.2, 0.25) is 0 Å². The number of amides is 1. The molecule has 0 heterocycles. The molecule has 6 heteroatoms. The number of ether oxygens (including phenoxy) is 1. The van der Waals surface area contributed by atoms with Crippen molar-refractivity contribution in [2.45, 2.75) is 51.7 Å². The van der Waals surface area contributed by atoms with Crippen molar-refractivity contribution >= 4 is 18.3 Å². The van der Waals surface area contributed by atoms with Gasteiger partial charge >= 0.3 is 0 Å². The van der Waals surface area contributed by atoms with Crippen LogP contribution in [0.5, 0.6) is 5.75 Å². The van der Waals surface area contributed by atoms with E-state index in [9.17, 15) is 9.18 Å². The molecule has 0 radical (unpaired) electrons. The Labute approximate surface area is 138 Å². The summed E-state index contributed by atoms with van der Waals surface area (Å²) in [6.07, 6.45) is 2.65. The van der Waals surface area contributed by atoms with Gasteiger partial charge in [-0.1, -0.05) is 38.8 Å². The maximum absolute atomic E-state index is 13.6. The van der Waals surface area contributed by atoms with E-state index in [1.807, 2.05) is 6.92 Å². The Bertz CT molecular complexity index is 446. The van der Waals surface area contributed by atoms with Crippen molar-refractivity contribution in [3.8, 4) is 5.75 Å². The van der Waals surface area contributed by atoms with E-state index >= 15 is 0 Å². The number of carbonyl (C=O) groups excluding carboxylic acids is 1. The fourth-order valence-electron chi connectivity index (χ4n) is 2.01. The third kappa shape index (κ3) is 6.62. The van der Waals surface area contributed by atoms with Crippen molar-refractivity contribution in [2.24, 2.45) is 5.73 Å². The van der Waals surface area contributed by atoms with Gasteiger partial charge in [-0.25, -0.2) is 4.39 Å². The van der Waals surface area contributed by atoms with Gasteiger partial charge in [-0.15, -0.1) is 12.4 Å². The molecule has 1 rings (SSSR count). The Balaban J connectivity index is 0.00000441. The molecule has 0 bridgehead atoms. The van der Waals surface area contributed by atoms with Crippen LogP contribution < -0.4 is 15.8 Å². The van der Waals surface area contributed by atoms with Gasteiger partial charge < -0.3 is 15.8 Å². The molecule has 0 spiro atoms. The molecule has 4 nitrogen and oxygen atoms in total. The van der Waals surface area contributed by atoms with Gasteiger partial charge in [-0.3, -0.25) is 4.79 Å². The number of para-hydroxylation sites is 1. The van der Waals surface area contributed by atoms with Crippen molar-refractivity contribution in [1.29, 1.82) is 0 Å². The highest BCUT2D eigenvalue weighted by molar-refractivity contribution is 5.85. The largest absolute Gasteiger partial charge is 0.478 e. The summed E-state index contributed by atoms with van der Waals surface area (Å²) in [6.45, 7) is 4.31. The lowest BCUT2D eigenvalue weighted by Crippen LogP contribution is -2.46. The summed E-state index contributed by atoms with van der Waals surface area (Å²) < 4.78 is 19.0. The van der Waals surface area contributed by atoms with Crippen LogP contribution >= 0.6 is 12.4 Å². The fourth-order valence-corrected chi connectivity index (χ4v) is 2.01. The van der Waals surface area contributed by atoms with E-state index in [1.54, 1.807) is 12.1 Å². The summed E-state index contributed by atoms with van der Waals surface area (Å²) in [5.41, 5.74) is 5.66. The van der Waals surface area contributed by atoms with Crippen molar-refractivity contribution in [3.05, 3.63) is 30.1 Å². The number of hydrogen-bond donors (Lipinski definition) is 2. The lowest BCUT2D eigenvalue weighted by molar-refractivity contribution is -0.128. The Morgan fingerprint density at radius 3 is 2.59 bits per heavy atom. The van der Waals surface area contributed by atoms with E-state index in [1.165, 1.54) is 12.1 Å². The zero-order valence-electron chi connectivity index (χ0n) is 13.2. The number of rotatable bonds is 9. The highest BCUT2D eigenvalue weighted by Crippen LogP contribution is 2.18. The molecule has 126 valence electrons. The summed E-state index contributed by atoms with van der Waals surface area (Å²) in [5, 5.41) is 2.88. The first kappa shape index (κ1) is 20.7. The van der Waals surface area contributed by atoms with Crippen LogP contribution in [0.3, 0.4) is 0 Å². The maximum atomic E-state index is 13.6. The molecule has 0 saturated heterocycles. The first-order valence-corrected chi connectivity index (χ1v) is 7.53. The van der Waals surface area contributed by atoms with E-state index in [4.69, 9.17) is 10.5 Å². The Hall–Kier alpha value is -1.33. The smallest absolute Gasteiger partial charge is 0.261 e. The van der Waals surface area contributed by atoms with Gasteiger partial charge in [0.1, 0.15) is 0 Å². The van der Waals surface area contributed by atoms with E-state index in [0.29, 0.717) is 13.0 Å². The average molecular weight is 333 g/mol.